The Labute approximate surface area is 149 Å². The molecule has 1 aliphatic rings. The normalized spacial score (nSPS) is 19.2. The predicted molar refractivity (Wildman–Crippen MR) is 84.9 cm³/mol. The van der Waals surface area contributed by atoms with Crippen molar-refractivity contribution in [2.75, 3.05) is 18.6 Å². The molecule has 2 aromatic carbocycles. The van der Waals surface area contributed by atoms with Crippen molar-refractivity contribution in [1.82, 2.24) is 0 Å². The lowest BCUT2D eigenvalue weighted by atomic mass is 9.88. The highest BCUT2D eigenvalue weighted by Gasteiger charge is 2.51. The molecular formula is C17H11ClF5NO2. The lowest BCUT2D eigenvalue weighted by Crippen LogP contribution is -2.31. The van der Waals surface area contributed by atoms with E-state index in [1.807, 2.05) is 0 Å². The number of hydrogen-bond donors (Lipinski definition) is 1. The number of ether oxygens (including phenoxy) is 1. The van der Waals surface area contributed by atoms with Crippen LogP contribution in [-0.4, -0.2) is 19.2 Å². The van der Waals surface area contributed by atoms with E-state index in [2.05, 4.69) is 5.32 Å². The van der Waals surface area contributed by atoms with Crippen LogP contribution in [0.2, 0.25) is 5.02 Å². The van der Waals surface area contributed by atoms with Crippen molar-refractivity contribution in [3.8, 4) is 5.75 Å². The third kappa shape index (κ3) is 2.98. The van der Waals surface area contributed by atoms with Crippen LogP contribution in [0.15, 0.2) is 36.4 Å². The molecule has 9 heteroatoms. The number of benzene rings is 2. The van der Waals surface area contributed by atoms with Crippen molar-refractivity contribution in [2.24, 2.45) is 0 Å². The summed E-state index contributed by atoms with van der Waals surface area (Å²) in [6.07, 6.45) is -4.65. The maximum Gasteiger partial charge on any atom is 0.416 e. The summed E-state index contributed by atoms with van der Waals surface area (Å²) < 4.78 is 71.9. The van der Waals surface area contributed by atoms with Gasteiger partial charge in [-0.05, 0) is 30.3 Å². The fraction of sp³-hybridized carbons (Fsp3) is 0.235. The summed E-state index contributed by atoms with van der Waals surface area (Å²) in [7, 11) is 0. The van der Waals surface area contributed by atoms with E-state index in [9.17, 15) is 22.4 Å². The number of anilines is 1. The molecule has 1 aliphatic heterocycles. The molecular weight excluding hydrogens is 381 g/mol. The Morgan fingerprint density at radius 3 is 2.50 bits per heavy atom. The molecule has 1 unspecified atom stereocenters. The Kier molecular flexibility index (Phi) is 4.56. The van der Waals surface area contributed by atoms with Gasteiger partial charge in [-0.1, -0.05) is 17.7 Å². The first-order valence-corrected chi connectivity index (χ1v) is 7.76. The topological polar surface area (TPSA) is 38.3 Å². The number of hydrogen-bond acceptors (Lipinski definition) is 2. The van der Waals surface area contributed by atoms with E-state index >= 15 is 4.39 Å². The second kappa shape index (κ2) is 6.42. The van der Waals surface area contributed by atoms with Gasteiger partial charge >= 0.3 is 6.18 Å². The van der Waals surface area contributed by atoms with E-state index in [0.717, 1.165) is 12.1 Å². The summed E-state index contributed by atoms with van der Waals surface area (Å²) >= 11 is 5.87. The lowest BCUT2D eigenvalue weighted by Gasteiger charge is -2.22. The molecule has 2 aromatic rings. The number of amides is 1. The average Bonchev–Trinajstić information content (AvgIpc) is 2.84. The predicted octanol–water partition coefficient (Wildman–Crippen LogP) is 4.87. The number of nitrogens with one attached hydrogen (secondary N) is 1. The van der Waals surface area contributed by atoms with Gasteiger partial charge in [-0.3, -0.25) is 4.79 Å². The summed E-state index contributed by atoms with van der Waals surface area (Å²) in [5.74, 6) is -1.31. The van der Waals surface area contributed by atoms with E-state index in [1.54, 1.807) is 0 Å². The van der Waals surface area contributed by atoms with Crippen molar-refractivity contribution in [3.63, 3.8) is 0 Å². The minimum Gasteiger partial charge on any atom is -0.490 e. The number of alkyl halides is 5. The summed E-state index contributed by atoms with van der Waals surface area (Å²) in [5.41, 5.74) is -4.77. The average molecular weight is 392 g/mol. The smallest absolute Gasteiger partial charge is 0.416 e. The van der Waals surface area contributed by atoms with Gasteiger partial charge < -0.3 is 10.1 Å². The zero-order valence-electron chi connectivity index (χ0n) is 13.0. The number of fused-ring (bicyclic) bond motifs is 1. The Balaban J connectivity index is 2.15. The highest BCUT2D eigenvalue weighted by Crippen LogP contribution is 2.49. The maximum atomic E-state index is 15.8. The van der Waals surface area contributed by atoms with Crippen LogP contribution < -0.4 is 10.1 Å². The van der Waals surface area contributed by atoms with Gasteiger partial charge in [0.1, 0.15) is 19.0 Å². The molecule has 0 aromatic heterocycles. The zero-order chi connectivity index (χ0) is 19.1. The first kappa shape index (κ1) is 18.4. The first-order valence-electron chi connectivity index (χ1n) is 7.39. The number of carbonyl (C=O) groups excluding carboxylic acids is 1. The number of rotatable bonds is 4. The summed E-state index contributed by atoms with van der Waals surface area (Å²) in [5, 5.41) is 2.20. The maximum absolute atomic E-state index is 15.8. The van der Waals surface area contributed by atoms with Gasteiger partial charge in [-0.2, -0.15) is 13.2 Å². The van der Waals surface area contributed by atoms with Crippen molar-refractivity contribution >= 4 is 23.2 Å². The lowest BCUT2D eigenvalue weighted by molar-refractivity contribution is -0.137. The molecule has 0 saturated carbocycles. The monoisotopic (exact) mass is 391 g/mol. The van der Waals surface area contributed by atoms with Crippen LogP contribution in [0.5, 0.6) is 5.75 Å². The third-order valence-corrected chi connectivity index (χ3v) is 4.16. The summed E-state index contributed by atoms with van der Waals surface area (Å²) in [6.45, 7) is -1.23. The molecule has 0 spiro atoms. The Morgan fingerprint density at radius 1 is 1.12 bits per heavy atom. The fourth-order valence-corrected chi connectivity index (χ4v) is 2.94. The Hall–Kier alpha value is -2.35. The van der Waals surface area contributed by atoms with E-state index in [1.165, 1.54) is 12.1 Å². The quantitative estimate of drug-likeness (QED) is 0.755. The highest BCUT2D eigenvalue weighted by molar-refractivity contribution is 6.30. The Bertz CT molecular complexity index is 871. The summed E-state index contributed by atoms with van der Waals surface area (Å²) in [4.78, 5) is 12.3. The van der Waals surface area contributed by atoms with Crippen LogP contribution in [0.1, 0.15) is 16.7 Å². The molecule has 0 bridgehead atoms. The van der Waals surface area contributed by atoms with E-state index in [4.69, 9.17) is 16.3 Å². The van der Waals surface area contributed by atoms with Crippen molar-refractivity contribution in [1.29, 1.82) is 0 Å². The molecule has 138 valence electrons. The Morgan fingerprint density at radius 2 is 1.85 bits per heavy atom. The third-order valence-electron chi connectivity index (χ3n) is 3.93. The molecule has 3 rings (SSSR count). The largest absolute Gasteiger partial charge is 0.490 e. The van der Waals surface area contributed by atoms with E-state index in [0.29, 0.717) is 12.1 Å². The fourth-order valence-electron chi connectivity index (χ4n) is 2.77. The van der Waals surface area contributed by atoms with Gasteiger partial charge in [0.15, 0.2) is 0 Å². The van der Waals surface area contributed by atoms with Gasteiger partial charge in [0.25, 0.3) is 5.91 Å². The van der Waals surface area contributed by atoms with Crippen LogP contribution in [0.4, 0.5) is 27.6 Å². The van der Waals surface area contributed by atoms with Crippen LogP contribution >= 0.6 is 11.6 Å². The second-order valence-electron chi connectivity index (χ2n) is 5.55. The van der Waals surface area contributed by atoms with Gasteiger partial charge in [-0.25, -0.2) is 8.78 Å². The standard InChI is InChI=1S/C17H11ClF5NO2/c18-10-2-4-14(26-6-5-19)12(8-10)16(20)11-3-1-9(17(21,22)23)7-13(11)24-15(16)25/h1-4,7-8H,5-6H2,(H,24,25). The van der Waals surface area contributed by atoms with Gasteiger partial charge in [0, 0.05) is 21.8 Å². The molecule has 0 saturated heterocycles. The van der Waals surface area contributed by atoms with Crippen LogP contribution in [0.25, 0.3) is 0 Å². The molecule has 26 heavy (non-hydrogen) atoms. The zero-order valence-corrected chi connectivity index (χ0v) is 13.7. The number of carbonyl (C=O) groups is 1. The van der Waals surface area contributed by atoms with Crippen molar-refractivity contribution in [2.45, 2.75) is 11.8 Å². The first-order chi connectivity index (χ1) is 12.2. The molecule has 1 amide bonds. The van der Waals surface area contributed by atoms with Gasteiger partial charge in [0.2, 0.25) is 5.67 Å². The molecule has 1 N–H and O–H groups in total. The SMILES string of the molecule is O=C1Nc2cc(C(F)(F)F)ccc2C1(F)c1cc(Cl)ccc1OCCF. The highest BCUT2D eigenvalue weighted by atomic mass is 35.5. The molecule has 0 aliphatic carbocycles. The van der Waals surface area contributed by atoms with E-state index in [-0.39, 0.29) is 34.2 Å². The van der Waals surface area contributed by atoms with Crippen LogP contribution in [0, 0.1) is 0 Å². The molecule has 3 nitrogen and oxygen atoms in total. The minimum absolute atomic E-state index is 0.0813. The minimum atomic E-state index is -4.65. The second-order valence-corrected chi connectivity index (χ2v) is 5.99. The number of halogens is 6. The molecule has 0 fully saturated rings. The molecule has 1 atom stereocenters. The summed E-state index contributed by atoms with van der Waals surface area (Å²) in [6, 6.07) is 5.98. The van der Waals surface area contributed by atoms with Crippen LogP contribution in [-0.2, 0) is 16.6 Å². The van der Waals surface area contributed by atoms with Crippen LogP contribution in [0.3, 0.4) is 0 Å². The van der Waals surface area contributed by atoms with Gasteiger partial charge in [0.05, 0.1) is 5.56 Å². The molecule has 1 heterocycles. The van der Waals surface area contributed by atoms with Crippen molar-refractivity contribution in [3.05, 3.63) is 58.1 Å². The van der Waals surface area contributed by atoms with Crippen molar-refractivity contribution < 1.29 is 31.5 Å². The molecule has 0 radical (unpaired) electrons. The van der Waals surface area contributed by atoms with Gasteiger partial charge in [-0.15, -0.1) is 0 Å². The van der Waals surface area contributed by atoms with E-state index < -0.39 is 30.0 Å².